The maximum absolute atomic E-state index is 12.4. The number of hydrogen-bond acceptors (Lipinski definition) is 2. The Morgan fingerprint density at radius 1 is 1.29 bits per heavy atom. The largest absolute Gasteiger partial charge is 0.397 e. The molecule has 0 aliphatic heterocycles. The summed E-state index contributed by atoms with van der Waals surface area (Å²) in [5.74, 6) is 0. The molecule has 0 aliphatic rings. The number of ether oxygens (including phenoxy) is 2. The van der Waals surface area contributed by atoms with Crippen molar-refractivity contribution in [3.05, 3.63) is 0 Å². The standard InChI is InChI=1S/C8H14BrF3O2/c1-2-3-4-13-5-6-14-8(11,12)7(9)10/h7H,2-6H2,1H3. The van der Waals surface area contributed by atoms with Crippen LogP contribution in [0, 0.1) is 0 Å². The first-order chi connectivity index (χ1) is 6.50. The summed E-state index contributed by atoms with van der Waals surface area (Å²) in [6.45, 7) is 2.24. The summed E-state index contributed by atoms with van der Waals surface area (Å²) in [7, 11) is 0. The van der Waals surface area contributed by atoms with E-state index in [4.69, 9.17) is 4.74 Å². The van der Waals surface area contributed by atoms with Crippen molar-refractivity contribution in [2.24, 2.45) is 0 Å². The minimum atomic E-state index is -3.78. The highest BCUT2D eigenvalue weighted by atomic mass is 79.9. The van der Waals surface area contributed by atoms with Crippen molar-refractivity contribution in [2.45, 2.75) is 31.0 Å². The van der Waals surface area contributed by atoms with Gasteiger partial charge in [-0.05, 0) is 22.4 Å². The molecule has 1 unspecified atom stereocenters. The first-order valence-electron chi connectivity index (χ1n) is 4.38. The number of halogens is 4. The first-order valence-corrected chi connectivity index (χ1v) is 5.30. The Balaban J connectivity index is 3.35. The van der Waals surface area contributed by atoms with Crippen LogP contribution in [0.5, 0.6) is 0 Å². The molecule has 0 aliphatic carbocycles. The SMILES string of the molecule is CCCCOCCOC(F)(F)C(F)Br. The average molecular weight is 279 g/mol. The molecular formula is C8H14BrF3O2. The van der Waals surface area contributed by atoms with Crippen molar-refractivity contribution in [1.82, 2.24) is 0 Å². The summed E-state index contributed by atoms with van der Waals surface area (Å²) in [5.41, 5.74) is 0. The Morgan fingerprint density at radius 2 is 1.93 bits per heavy atom. The van der Waals surface area contributed by atoms with Gasteiger partial charge in [0.2, 0.25) is 5.08 Å². The molecule has 0 bridgehead atoms. The topological polar surface area (TPSA) is 18.5 Å². The van der Waals surface area contributed by atoms with Gasteiger partial charge < -0.3 is 9.47 Å². The van der Waals surface area contributed by atoms with E-state index in [-0.39, 0.29) is 13.2 Å². The molecule has 0 aromatic heterocycles. The van der Waals surface area contributed by atoms with E-state index in [2.05, 4.69) is 20.7 Å². The summed E-state index contributed by atoms with van der Waals surface area (Å²) in [6, 6.07) is 0. The number of rotatable bonds is 8. The zero-order valence-electron chi connectivity index (χ0n) is 7.94. The third kappa shape index (κ3) is 6.62. The Morgan fingerprint density at radius 3 is 2.43 bits per heavy atom. The maximum Gasteiger partial charge on any atom is 0.397 e. The summed E-state index contributed by atoms with van der Waals surface area (Å²) in [4.78, 5) is 0. The molecule has 6 heteroatoms. The fourth-order valence-electron chi connectivity index (χ4n) is 0.648. The maximum atomic E-state index is 12.4. The van der Waals surface area contributed by atoms with Crippen molar-refractivity contribution in [1.29, 1.82) is 0 Å². The number of unbranched alkanes of at least 4 members (excludes halogenated alkanes) is 1. The Bertz CT molecular complexity index is 145. The Kier molecular flexibility index (Phi) is 7.58. The van der Waals surface area contributed by atoms with Crippen LogP contribution < -0.4 is 0 Å². The van der Waals surface area contributed by atoms with E-state index >= 15 is 0 Å². The zero-order valence-corrected chi connectivity index (χ0v) is 9.53. The van der Waals surface area contributed by atoms with Gasteiger partial charge in [-0.25, -0.2) is 4.39 Å². The normalized spacial score (nSPS) is 14.4. The van der Waals surface area contributed by atoms with Gasteiger partial charge in [-0.15, -0.1) is 0 Å². The van der Waals surface area contributed by atoms with E-state index in [0.29, 0.717) is 6.61 Å². The Labute approximate surface area is 89.9 Å². The van der Waals surface area contributed by atoms with E-state index in [1.807, 2.05) is 6.92 Å². The average Bonchev–Trinajstić information content (AvgIpc) is 2.10. The predicted molar refractivity (Wildman–Crippen MR) is 50.4 cm³/mol. The van der Waals surface area contributed by atoms with Crippen molar-refractivity contribution < 1.29 is 22.6 Å². The fourth-order valence-corrected chi connectivity index (χ4v) is 0.780. The van der Waals surface area contributed by atoms with Gasteiger partial charge in [0.25, 0.3) is 0 Å². The molecule has 0 N–H and O–H groups in total. The van der Waals surface area contributed by atoms with Crippen LogP contribution in [0.3, 0.4) is 0 Å². The van der Waals surface area contributed by atoms with Crippen LogP contribution in [0.25, 0.3) is 0 Å². The lowest BCUT2D eigenvalue weighted by atomic mass is 10.4. The molecule has 86 valence electrons. The highest BCUT2D eigenvalue weighted by Crippen LogP contribution is 2.26. The van der Waals surface area contributed by atoms with E-state index in [9.17, 15) is 13.2 Å². The van der Waals surface area contributed by atoms with Crippen LogP contribution in [-0.4, -0.2) is 31.0 Å². The second-order valence-electron chi connectivity index (χ2n) is 2.68. The van der Waals surface area contributed by atoms with Crippen LogP contribution in [-0.2, 0) is 9.47 Å². The molecule has 0 aromatic rings. The second-order valence-corrected chi connectivity index (χ2v) is 3.48. The van der Waals surface area contributed by atoms with Gasteiger partial charge in [0.05, 0.1) is 13.2 Å². The van der Waals surface area contributed by atoms with Gasteiger partial charge in [-0.1, -0.05) is 13.3 Å². The predicted octanol–water partition coefficient (Wildman–Crippen LogP) is 3.10. The molecule has 0 aromatic carbocycles. The number of hydrogen-bond donors (Lipinski definition) is 0. The highest BCUT2D eigenvalue weighted by Gasteiger charge is 2.39. The van der Waals surface area contributed by atoms with E-state index < -0.39 is 11.2 Å². The van der Waals surface area contributed by atoms with Gasteiger partial charge in [0, 0.05) is 6.61 Å². The Hall–Kier alpha value is 0.190. The van der Waals surface area contributed by atoms with Crippen molar-refractivity contribution in [2.75, 3.05) is 19.8 Å². The number of alkyl halides is 4. The van der Waals surface area contributed by atoms with Crippen molar-refractivity contribution in [3.63, 3.8) is 0 Å². The van der Waals surface area contributed by atoms with Gasteiger partial charge in [-0.2, -0.15) is 8.78 Å². The van der Waals surface area contributed by atoms with Crippen LogP contribution >= 0.6 is 15.9 Å². The third-order valence-electron chi connectivity index (χ3n) is 1.42. The molecule has 0 heterocycles. The van der Waals surface area contributed by atoms with Crippen LogP contribution in [0.4, 0.5) is 13.2 Å². The smallest absolute Gasteiger partial charge is 0.379 e. The summed E-state index contributed by atoms with van der Waals surface area (Å²) in [6.07, 6.45) is -1.93. The van der Waals surface area contributed by atoms with Gasteiger partial charge in [0.15, 0.2) is 0 Å². The lowest BCUT2D eigenvalue weighted by Gasteiger charge is -2.16. The molecule has 0 radical (unpaired) electrons. The molecule has 0 spiro atoms. The molecule has 0 rings (SSSR count). The summed E-state index contributed by atoms with van der Waals surface area (Å²) in [5, 5.41) is -2.48. The molecule has 0 amide bonds. The lowest BCUT2D eigenvalue weighted by molar-refractivity contribution is -0.257. The zero-order chi connectivity index (χ0) is 11.0. The van der Waals surface area contributed by atoms with E-state index in [1.165, 1.54) is 0 Å². The van der Waals surface area contributed by atoms with Crippen molar-refractivity contribution >= 4 is 15.9 Å². The van der Waals surface area contributed by atoms with Crippen LogP contribution in [0.15, 0.2) is 0 Å². The van der Waals surface area contributed by atoms with Crippen molar-refractivity contribution in [3.8, 4) is 0 Å². The second kappa shape index (κ2) is 7.48. The molecule has 0 saturated carbocycles. The van der Waals surface area contributed by atoms with Gasteiger partial charge >= 0.3 is 6.11 Å². The minimum absolute atomic E-state index is 0.0509. The summed E-state index contributed by atoms with van der Waals surface area (Å²) < 4.78 is 45.9. The highest BCUT2D eigenvalue weighted by molar-refractivity contribution is 9.09. The molecule has 0 fully saturated rings. The third-order valence-corrected chi connectivity index (χ3v) is 1.95. The summed E-state index contributed by atoms with van der Waals surface area (Å²) >= 11 is 2.11. The molecule has 1 atom stereocenters. The molecular weight excluding hydrogens is 265 g/mol. The molecule has 0 saturated heterocycles. The molecule has 2 nitrogen and oxygen atoms in total. The van der Waals surface area contributed by atoms with Gasteiger partial charge in [-0.3, -0.25) is 0 Å². The fraction of sp³-hybridized carbons (Fsp3) is 1.00. The quantitative estimate of drug-likeness (QED) is 0.502. The minimum Gasteiger partial charge on any atom is -0.379 e. The van der Waals surface area contributed by atoms with E-state index in [0.717, 1.165) is 12.8 Å². The first kappa shape index (κ1) is 14.2. The lowest BCUT2D eigenvalue weighted by Crippen LogP contribution is -2.30. The molecule has 14 heavy (non-hydrogen) atoms. The monoisotopic (exact) mass is 278 g/mol. The van der Waals surface area contributed by atoms with Gasteiger partial charge in [0.1, 0.15) is 0 Å². The van der Waals surface area contributed by atoms with Crippen LogP contribution in [0.1, 0.15) is 19.8 Å². The van der Waals surface area contributed by atoms with E-state index in [1.54, 1.807) is 0 Å². The van der Waals surface area contributed by atoms with Crippen LogP contribution in [0.2, 0.25) is 0 Å².